The van der Waals surface area contributed by atoms with Gasteiger partial charge in [0.15, 0.2) is 0 Å². The lowest BCUT2D eigenvalue weighted by Crippen LogP contribution is -2.31. The van der Waals surface area contributed by atoms with E-state index in [0.717, 1.165) is 19.0 Å². The van der Waals surface area contributed by atoms with E-state index in [9.17, 15) is 8.78 Å². The van der Waals surface area contributed by atoms with Crippen LogP contribution in [0, 0.1) is 17.0 Å². The highest BCUT2D eigenvalue weighted by molar-refractivity contribution is 5.20. The van der Waals surface area contributed by atoms with Crippen molar-refractivity contribution < 1.29 is 8.78 Å². The molecular formula is C17H27F2N. The molecule has 1 atom stereocenters. The van der Waals surface area contributed by atoms with E-state index in [2.05, 4.69) is 26.1 Å². The third kappa shape index (κ3) is 6.00. The standard InChI is InChI=1S/C17H27F2N/c1-5-6-7-8-17(3,4)12-20-13(2)14-9-15(18)11-16(19)10-14/h9-11,13,20H,5-8,12H2,1-4H3. The lowest BCUT2D eigenvalue weighted by Gasteiger charge is -2.27. The van der Waals surface area contributed by atoms with Crippen molar-refractivity contribution in [3.8, 4) is 0 Å². The van der Waals surface area contributed by atoms with E-state index >= 15 is 0 Å². The van der Waals surface area contributed by atoms with Crippen LogP contribution in [-0.4, -0.2) is 6.54 Å². The molecule has 0 saturated heterocycles. The molecule has 0 bridgehead atoms. The van der Waals surface area contributed by atoms with Gasteiger partial charge < -0.3 is 5.32 Å². The molecule has 0 radical (unpaired) electrons. The fourth-order valence-corrected chi connectivity index (χ4v) is 2.31. The fourth-order valence-electron chi connectivity index (χ4n) is 2.31. The molecule has 1 N–H and O–H groups in total. The minimum Gasteiger partial charge on any atom is -0.310 e. The zero-order chi connectivity index (χ0) is 15.2. The summed E-state index contributed by atoms with van der Waals surface area (Å²) in [7, 11) is 0. The van der Waals surface area contributed by atoms with Crippen molar-refractivity contribution in [3.05, 3.63) is 35.4 Å². The first-order chi connectivity index (χ1) is 9.34. The lowest BCUT2D eigenvalue weighted by atomic mass is 9.86. The number of unbranched alkanes of at least 4 members (excludes halogenated alkanes) is 2. The smallest absolute Gasteiger partial charge is 0.126 e. The molecule has 1 nitrogen and oxygen atoms in total. The van der Waals surface area contributed by atoms with Gasteiger partial charge in [0.05, 0.1) is 0 Å². The molecular weight excluding hydrogens is 256 g/mol. The molecule has 114 valence electrons. The highest BCUT2D eigenvalue weighted by atomic mass is 19.1. The molecule has 0 fully saturated rings. The molecule has 0 heterocycles. The van der Waals surface area contributed by atoms with Gasteiger partial charge in [-0.25, -0.2) is 8.78 Å². The third-order valence-electron chi connectivity index (χ3n) is 3.73. The first-order valence-corrected chi connectivity index (χ1v) is 7.53. The second kappa shape index (κ2) is 7.72. The Balaban J connectivity index is 2.51. The van der Waals surface area contributed by atoms with Gasteiger partial charge in [0.1, 0.15) is 11.6 Å². The Labute approximate surface area is 121 Å². The number of rotatable bonds is 8. The van der Waals surface area contributed by atoms with E-state index < -0.39 is 11.6 Å². The Morgan fingerprint density at radius 3 is 2.25 bits per heavy atom. The third-order valence-corrected chi connectivity index (χ3v) is 3.73. The van der Waals surface area contributed by atoms with Crippen molar-refractivity contribution >= 4 is 0 Å². The molecule has 3 heteroatoms. The molecule has 0 aliphatic carbocycles. The van der Waals surface area contributed by atoms with E-state index in [1.54, 1.807) is 0 Å². The topological polar surface area (TPSA) is 12.0 Å². The van der Waals surface area contributed by atoms with Gasteiger partial charge in [-0.15, -0.1) is 0 Å². The van der Waals surface area contributed by atoms with E-state index in [0.29, 0.717) is 5.56 Å². The average Bonchev–Trinajstić information content (AvgIpc) is 2.35. The quantitative estimate of drug-likeness (QED) is 0.645. The molecule has 0 aliphatic rings. The lowest BCUT2D eigenvalue weighted by molar-refractivity contribution is 0.290. The van der Waals surface area contributed by atoms with Gasteiger partial charge in [-0.2, -0.15) is 0 Å². The zero-order valence-corrected chi connectivity index (χ0v) is 13.1. The number of benzene rings is 1. The number of hydrogen-bond donors (Lipinski definition) is 1. The maximum Gasteiger partial charge on any atom is 0.126 e. The van der Waals surface area contributed by atoms with Crippen molar-refractivity contribution in [3.63, 3.8) is 0 Å². The summed E-state index contributed by atoms with van der Waals surface area (Å²) >= 11 is 0. The first-order valence-electron chi connectivity index (χ1n) is 7.53. The van der Waals surface area contributed by atoms with Crippen LogP contribution in [0.3, 0.4) is 0 Å². The molecule has 1 unspecified atom stereocenters. The largest absolute Gasteiger partial charge is 0.310 e. The number of hydrogen-bond acceptors (Lipinski definition) is 1. The van der Waals surface area contributed by atoms with E-state index in [-0.39, 0.29) is 11.5 Å². The highest BCUT2D eigenvalue weighted by Gasteiger charge is 2.18. The molecule has 20 heavy (non-hydrogen) atoms. The predicted octanol–water partition coefficient (Wildman–Crippen LogP) is 5.22. The van der Waals surface area contributed by atoms with Crippen LogP contribution in [0.1, 0.15) is 65.0 Å². The molecule has 0 amide bonds. The maximum absolute atomic E-state index is 13.2. The molecule has 1 aromatic carbocycles. The van der Waals surface area contributed by atoms with Gasteiger partial charge in [0, 0.05) is 18.7 Å². The normalized spacial score (nSPS) is 13.5. The average molecular weight is 283 g/mol. The van der Waals surface area contributed by atoms with Crippen LogP contribution < -0.4 is 5.32 Å². The van der Waals surface area contributed by atoms with Crippen LogP contribution in [-0.2, 0) is 0 Å². The summed E-state index contributed by atoms with van der Waals surface area (Å²) in [5.41, 5.74) is 0.863. The second-order valence-electron chi connectivity index (χ2n) is 6.43. The monoisotopic (exact) mass is 283 g/mol. The number of halogens is 2. The molecule has 0 aromatic heterocycles. The van der Waals surface area contributed by atoms with Crippen LogP contribution in [0.15, 0.2) is 18.2 Å². The van der Waals surface area contributed by atoms with Crippen LogP contribution in [0.25, 0.3) is 0 Å². The van der Waals surface area contributed by atoms with Crippen molar-refractivity contribution in [2.75, 3.05) is 6.54 Å². The Bertz CT molecular complexity index is 395. The summed E-state index contributed by atoms with van der Waals surface area (Å²) in [4.78, 5) is 0. The van der Waals surface area contributed by atoms with Crippen LogP contribution in [0.5, 0.6) is 0 Å². The molecule has 0 saturated carbocycles. The SMILES string of the molecule is CCCCCC(C)(C)CNC(C)c1cc(F)cc(F)c1. The zero-order valence-electron chi connectivity index (χ0n) is 13.1. The summed E-state index contributed by atoms with van der Waals surface area (Å²) in [5, 5.41) is 3.39. The van der Waals surface area contributed by atoms with E-state index in [1.165, 1.54) is 31.4 Å². The molecule has 0 aliphatic heterocycles. The fraction of sp³-hybridized carbons (Fsp3) is 0.647. The van der Waals surface area contributed by atoms with Gasteiger partial charge in [-0.1, -0.05) is 40.0 Å². The summed E-state index contributed by atoms with van der Waals surface area (Å²) < 4.78 is 26.4. The van der Waals surface area contributed by atoms with Crippen molar-refractivity contribution in [1.82, 2.24) is 5.32 Å². The van der Waals surface area contributed by atoms with Crippen molar-refractivity contribution in [2.24, 2.45) is 5.41 Å². The van der Waals surface area contributed by atoms with Gasteiger partial charge in [0.2, 0.25) is 0 Å². The van der Waals surface area contributed by atoms with Crippen LogP contribution in [0.4, 0.5) is 8.78 Å². The summed E-state index contributed by atoms with van der Waals surface area (Å²) in [5.74, 6) is -1.04. The van der Waals surface area contributed by atoms with Crippen LogP contribution in [0.2, 0.25) is 0 Å². The molecule has 1 aromatic rings. The summed E-state index contributed by atoms with van der Waals surface area (Å²) in [6.45, 7) is 9.45. The Morgan fingerprint density at radius 1 is 1.10 bits per heavy atom. The van der Waals surface area contributed by atoms with Gasteiger partial charge in [0.25, 0.3) is 0 Å². The van der Waals surface area contributed by atoms with Crippen molar-refractivity contribution in [1.29, 1.82) is 0 Å². The van der Waals surface area contributed by atoms with Gasteiger partial charge >= 0.3 is 0 Å². The molecule has 0 spiro atoms. The van der Waals surface area contributed by atoms with Crippen molar-refractivity contribution in [2.45, 2.75) is 59.4 Å². The Kier molecular flexibility index (Phi) is 6.60. The summed E-state index contributed by atoms with van der Waals surface area (Å²) in [6, 6.07) is 3.64. The highest BCUT2D eigenvalue weighted by Crippen LogP contribution is 2.24. The number of nitrogens with one attached hydrogen (secondary N) is 1. The minimum absolute atomic E-state index is 0.0503. The van der Waals surface area contributed by atoms with E-state index in [1.807, 2.05) is 6.92 Å². The minimum atomic E-state index is -0.518. The van der Waals surface area contributed by atoms with Crippen LogP contribution >= 0.6 is 0 Å². The van der Waals surface area contributed by atoms with Gasteiger partial charge in [-0.05, 0) is 36.5 Å². The molecule has 1 rings (SSSR count). The predicted molar refractivity (Wildman–Crippen MR) is 80.7 cm³/mol. The Hall–Kier alpha value is -0.960. The second-order valence-corrected chi connectivity index (χ2v) is 6.43. The van der Waals surface area contributed by atoms with E-state index in [4.69, 9.17) is 0 Å². The maximum atomic E-state index is 13.2. The first kappa shape index (κ1) is 17.1. The Morgan fingerprint density at radius 2 is 1.70 bits per heavy atom. The van der Waals surface area contributed by atoms with Gasteiger partial charge in [-0.3, -0.25) is 0 Å². The summed E-state index contributed by atoms with van der Waals surface area (Å²) in [6.07, 6.45) is 4.88.